The van der Waals surface area contributed by atoms with Crippen molar-refractivity contribution in [1.29, 1.82) is 0 Å². The van der Waals surface area contributed by atoms with Crippen molar-refractivity contribution in [2.24, 2.45) is 0 Å². The standard InChI is InChI=1S/C16H22Cl3N3OS/c1-4-5-6-13(23)21-14(16(17,18)19)22-15(24)20-12-8-7-10(2)9-11(12)3/h7-9,14H,4-6H2,1-3H3,(H,21,23)(H2,20,22,24)/t14-/m0/s1. The molecule has 3 N–H and O–H groups in total. The molecule has 0 saturated carbocycles. The normalized spacial score (nSPS) is 12.4. The molecule has 24 heavy (non-hydrogen) atoms. The van der Waals surface area contributed by atoms with E-state index < -0.39 is 9.96 Å². The van der Waals surface area contributed by atoms with Crippen LogP contribution in [0, 0.1) is 13.8 Å². The summed E-state index contributed by atoms with van der Waals surface area (Å²) in [6.07, 6.45) is 1.11. The van der Waals surface area contributed by atoms with Crippen LogP contribution in [0.4, 0.5) is 5.69 Å². The Morgan fingerprint density at radius 3 is 2.46 bits per heavy atom. The number of hydrogen-bond acceptors (Lipinski definition) is 2. The molecule has 1 atom stereocenters. The van der Waals surface area contributed by atoms with Gasteiger partial charge in [-0.15, -0.1) is 0 Å². The highest BCUT2D eigenvalue weighted by atomic mass is 35.6. The summed E-state index contributed by atoms with van der Waals surface area (Å²) in [7, 11) is 0. The van der Waals surface area contributed by atoms with E-state index >= 15 is 0 Å². The molecule has 1 rings (SSSR count). The molecule has 0 bridgehead atoms. The lowest BCUT2D eigenvalue weighted by molar-refractivity contribution is -0.122. The van der Waals surface area contributed by atoms with E-state index in [2.05, 4.69) is 16.0 Å². The van der Waals surface area contributed by atoms with Gasteiger partial charge >= 0.3 is 0 Å². The van der Waals surface area contributed by atoms with Crippen molar-refractivity contribution in [2.45, 2.75) is 50.0 Å². The van der Waals surface area contributed by atoms with Crippen molar-refractivity contribution in [3.8, 4) is 0 Å². The minimum absolute atomic E-state index is 0.199. The molecule has 0 heterocycles. The minimum Gasteiger partial charge on any atom is -0.339 e. The molecule has 0 spiro atoms. The van der Waals surface area contributed by atoms with Crippen LogP contribution in [0.3, 0.4) is 0 Å². The molecule has 8 heteroatoms. The average Bonchev–Trinajstić information content (AvgIpc) is 2.46. The van der Waals surface area contributed by atoms with E-state index in [-0.39, 0.29) is 11.0 Å². The van der Waals surface area contributed by atoms with Gasteiger partial charge in [0.2, 0.25) is 9.70 Å². The van der Waals surface area contributed by atoms with Crippen molar-refractivity contribution < 1.29 is 4.79 Å². The first-order chi connectivity index (χ1) is 11.1. The smallest absolute Gasteiger partial charge is 0.228 e. The lowest BCUT2D eigenvalue weighted by Crippen LogP contribution is -2.56. The molecule has 0 saturated heterocycles. The number of rotatable bonds is 6. The molecule has 1 aromatic carbocycles. The Labute approximate surface area is 163 Å². The Morgan fingerprint density at radius 1 is 1.25 bits per heavy atom. The van der Waals surface area contributed by atoms with E-state index in [1.807, 2.05) is 39.0 Å². The zero-order valence-corrected chi connectivity index (χ0v) is 17.0. The molecule has 1 aromatic rings. The third-order valence-corrected chi connectivity index (χ3v) is 4.17. The van der Waals surface area contributed by atoms with Gasteiger partial charge in [0.1, 0.15) is 6.17 Å². The maximum Gasteiger partial charge on any atom is 0.228 e. The monoisotopic (exact) mass is 409 g/mol. The molecule has 0 radical (unpaired) electrons. The Balaban J connectivity index is 2.72. The van der Waals surface area contributed by atoms with Crippen molar-refractivity contribution in [2.75, 3.05) is 5.32 Å². The van der Waals surface area contributed by atoms with Crippen molar-refractivity contribution in [1.82, 2.24) is 10.6 Å². The van der Waals surface area contributed by atoms with Crippen LogP contribution in [0.25, 0.3) is 0 Å². The Morgan fingerprint density at radius 2 is 1.92 bits per heavy atom. The predicted octanol–water partition coefficient (Wildman–Crippen LogP) is 4.59. The number of amides is 1. The van der Waals surface area contributed by atoms with Crippen LogP contribution in [0.5, 0.6) is 0 Å². The SMILES string of the molecule is CCCCC(=O)N[C@@H](NC(=S)Nc1ccc(C)cc1C)C(Cl)(Cl)Cl. The fraction of sp³-hybridized carbons (Fsp3) is 0.500. The molecular formula is C16H22Cl3N3OS. The van der Waals surface area contributed by atoms with Crippen LogP contribution in [0.1, 0.15) is 37.3 Å². The Hall–Kier alpha value is -0.750. The van der Waals surface area contributed by atoms with Gasteiger partial charge in [-0.3, -0.25) is 4.79 Å². The van der Waals surface area contributed by atoms with E-state index in [0.717, 1.165) is 29.7 Å². The van der Waals surface area contributed by atoms with Gasteiger partial charge in [-0.1, -0.05) is 65.8 Å². The molecule has 0 aromatic heterocycles. The maximum absolute atomic E-state index is 11.9. The van der Waals surface area contributed by atoms with Crippen LogP contribution in [0.15, 0.2) is 18.2 Å². The van der Waals surface area contributed by atoms with Crippen molar-refractivity contribution >= 4 is 63.7 Å². The van der Waals surface area contributed by atoms with Crippen LogP contribution < -0.4 is 16.0 Å². The number of halogens is 3. The van der Waals surface area contributed by atoms with Gasteiger partial charge < -0.3 is 16.0 Å². The first-order valence-electron chi connectivity index (χ1n) is 7.64. The van der Waals surface area contributed by atoms with Gasteiger partial charge in [0.25, 0.3) is 0 Å². The minimum atomic E-state index is -1.74. The number of nitrogens with one attached hydrogen (secondary N) is 3. The average molecular weight is 411 g/mol. The quantitative estimate of drug-likeness (QED) is 0.365. The number of hydrogen-bond donors (Lipinski definition) is 3. The fourth-order valence-electron chi connectivity index (χ4n) is 2.01. The molecule has 0 aliphatic rings. The zero-order chi connectivity index (χ0) is 18.3. The summed E-state index contributed by atoms with van der Waals surface area (Å²) in [5.74, 6) is -0.199. The molecule has 0 aliphatic carbocycles. The number of benzene rings is 1. The molecular weight excluding hydrogens is 389 g/mol. The van der Waals surface area contributed by atoms with E-state index in [0.29, 0.717) is 6.42 Å². The summed E-state index contributed by atoms with van der Waals surface area (Å²) in [5, 5.41) is 8.81. The maximum atomic E-state index is 11.9. The van der Waals surface area contributed by atoms with Gasteiger partial charge in [-0.2, -0.15) is 0 Å². The molecule has 0 aliphatic heterocycles. The largest absolute Gasteiger partial charge is 0.339 e. The Kier molecular flexibility index (Phi) is 8.57. The second kappa shape index (κ2) is 9.66. The van der Waals surface area contributed by atoms with E-state index in [9.17, 15) is 4.79 Å². The van der Waals surface area contributed by atoms with Gasteiger partial charge in [0.15, 0.2) is 5.11 Å². The fourth-order valence-corrected chi connectivity index (χ4v) is 2.57. The number of thiocarbonyl (C=S) groups is 1. The summed E-state index contributed by atoms with van der Waals surface area (Å²) >= 11 is 23.1. The summed E-state index contributed by atoms with van der Waals surface area (Å²) in [5.41, 5.74) is 3.04. The predicted molar refractivity (Wildman–Crippen MR) is 107 cm³/mol. The number of aryl methyl sites for hydroxylation is 2. The van der Waals surface area contributed by atoms with E-state index in [4.69, 9.17) is 47.0 Å². The van der Waals surface area contributed by atoms with E-state index in [1.54, 1.807) is 0 Å². The lowest BCUT2D eigenvalue weighted by Gasteiger charge is -2.28. The summed E-state index contributed by atoms with van der Waals surface area (Å²) in [4.78, 5) is 11.9. The lowest BCUT2D eigenvalue weighted by atomic mass is 10.1. The van der Waals surface area contributed by atoms with Gasteiger partial charge in [0.05, 0.1) is 0 Å². The topological polar surface area (TPSA) is 53.2 Å². The first kappa shape index (κ1) is 21.3. The number of anilines is 1. The molecule has 134 valence electrons. The number of alkyl halides is 3. The molecule has 1 amide bonds. The number of carbonyl (C=O) groups excluding carboxylic acids is 1. The highest BCUT2D eigenvalue weighted by molar-refractivity contribution is 7.80. The van der Waals surface area contributed by atoms with Crippen LogP contribution in [0.2, 0.25) is 0 Å². The van der Waals surface area contributed by atoms with Crippen LogP contribution >= 0.6 is 47.0 Å². The van der Waals surface area contributed by atoms with Gasteiger partial charge in [-0.05, 0) is 44.1 Å². The third-order valence-electron chi connectivity index (χ3n) is 3.30. The summed E-state index contributed by atoms with van der Waals surface area (Å²) < 4.78 is -1.74. The third kappa shape index (κ3) is 7.43. The van der Waals surface area contributed by atoms with Crippen molar-refractivity contribution in [3.05, 3.63) is 29.3 Å². The highest BCUT2D eigenvalue weighted by Crippen LogP contribution is 2.29. The summed E-state index contributed by atoms with van der Waals surface area (Å²) in [6.45, 7) is 5.98. The van der Waals surface area contributed by atoms with Crippen LogP contribution in [-0.4, -0.2) is 21.0 Å². The first-order valence-corrected chi connectivity index (χ1v) is 9.18. The van der Waals surface area contributed by atoms with Crippen LogP contribution in [-0.2, 0) is 4.79 Å². The second-order valence-corrected chi connectivity index (χ2v) is 8.34. The number of unbranched alkanes of at least 4 members (excludes halogenated alkanes) is 1. The molecule has 4 nitrogen and oxygen atoms in total. The van der Waals surface area contributed by atoms with Gasteiger partial charge in [0, 0.05) is 12.1 Å². The number of carbonyl (C=O) groups is 1. The highest BCUT2D eigenvalue weighted by Gasteiger charge is 2.34. The zero-order valence-electron chi connectivity index (χ0n) is 13.9. The van der Waals surface area contributed by atoms with Crippen molar-refractivity contribution in [3.63, 3.8) is 0 Å². The van der Waals surface area contributed by atoms with Gasteiger partial charge in [-0.25, -0.2) is 0 Å². The Bertz CT molecular complexity index is 590. The summed E-state index contributed by atoms with van der Waals surface area (Å²) in [6, 6.07) is 5.92. The second-order valence-electron chi connectivity index (χ2n) is 5.56. The molecule has 0 unspecified atom stereocenters. The van der Waals surface area contributed by atoms with E-state index in [1.165, 1.54) is 0 Å². The molecule has 0 fully saturated rings.